The third-order valence-electron chi connectivity index (χ3n) is 4.78. The smallest absolute Gasteiger partial charge is 0.255 e. The maximum Gasteiger partial charge on any atom is 0.255 e. The summed E-state index contributed by atoms with van der Waals surface area (Å²) in [5, 5.41) is 3.80. The average molecular weight is 398 g/mol. The van der Waals surface area contributed by atoms with Crippen molar-refractivity contribution in [1.29, 1.82) is 0 Å². The van der Waals surface area contributed by atoms with E-state index in [4.69, 9.17) is 9.47 Å². The molecule has 5 nitrogen and oxygen atoms in total. The number of fused-ring (bicyclic) bond motifs is 1. The van der Waals surface area contributed by atoms with Gasteiger partial charge in [-0.15, -0.1) is 0 Å². The van der Waals surface area contributed by atoms with Gasteiger partial charge in [-0.05, 0) is 43.3 Å². The summed E-state index contributed by atoms with van der Waals surface area (Å²) >= 11 is 0. The van der Waals surface area contributed by atoms with Crippen LogP contribution in [-0.4, -0.2) is 18.0 Å². The van der Waals surface area contributed by atoms with Crippen LogP contribution in [0, 0.1) is 6.92 Å². The maximum atomic E-state index is 12.9. The second kappa shape index (κ2) is 8.66. The number of methoxy groups -OCH3 is 1. The molecule has 5 heteroatoms. The molecule has 0 saturated carbocycles. The predicted octanol–water partition coefficient (Wildman–Crippen LogP) is 5.38. The van der Waals surface area contributed by atoms with Crippen molar-refractivity contribution in [2.24, 2.45) is 0 Å². The van der Waals surface area contributed by atoms with Gasteiger partial charge in [0.2, 0.25) is 0 Å². The lowest BCUT2D eigenvalue weighted by Gasteiger charge is -2.13. The fourth-order valence-corrected chi connectivity index (χ4v) is 3.27. The molecule has 0 unspecified atom stereocenters. The minimum atomic E-state index is -0.202. The van der Waals surface area contributed by atoms with E-state index < -0.39 is 0 Å². The zero-order valence-electron chi connectivity index (χ0n) is 16.9. The molecule has 0 spiro atoms. The van der Waals surface area contributed by atoms with Gasteiger partial charge in [0.15, 0.2) is 0 Å². The van der Waals surface area contributed by atoms with Gasteiger partial charge in [-0.2, -0.15) is 0 Å². The van der Waals surface area contributed by atoms with Crippen LogP contribution in [0.1, 0.15) is 21.6 Å². The Morgan fingerprint density at radius 2 is 1.73 bits per heavy atom. The molecule has 4 rings (SSSR count). The lowest BCUT2D eigenvalue weighted by atomic mass is 10.1. The summed E-state index contributed by atoms with van der Waals surface area (Å²) < 4.78 is 11.3. The van der Waals surface area contributed by atoms with Crippen molar-refractivity contribution in [2.75, 3.05) is 12.4 Å². The Balaban J connectivity index is 1.56. The monoisotopic (exact) mass is 398 g/mol. The van der Waals surface area contributed by atoms with Crippen molar-refractivity contribution >= 4 is 22.5 Å². The second-order valence-corrected chi connectivity index (χ2v) is 6.91. The minimum Gasteiger partial charge on any atom is -0.496 e. The van der Waals surface area contributed by atoms with Crippen molar-refractivity contribution in [1.82, 2.24) is 4.98 Å². The van der Waals surface area contributed by atoms with E-state index in [1.807, 2.05) is 73.7 Å². The Morgan fingerprint density at radius 3 is 2.53 bits per heavy atom. The summed E-state index contributed by atoms with van der Waals surface area (Å²) in [6.45, 7) is 2.27. The molecule has 0 atom stereocenters. The molecule has 4 aromatic rings. The van der Waals surface area contributed by atoms with Gasteiger partial charge in [-0.1, -0.05) is 36.4 Å². The predicted molar refractivity (Wildman–Crippen MR) is 118 cm³/mol. The lowest BCUT2D eigenvalue weighted by Crippen LogP contribution is -2.14. The van der Waals surface area contributed by atoms with E-state index in [9.17, 15) is 4.79 Å². The number of para-hydroxylation sites is 2. The SMILES string of the molecule is COc1cc(C)nc2ccc(C(=O)Nc3ccccc3COc3ccccc3)cc12. The molecule has 0 aliphatic heterocycles. The van der Waals surface area contributed by atoms with Crippen molar-refractivity contribution in [3.05, 3.63) is 95.7 Å². The molecule has 1 aromatic heterocycles. The Morgan fingerprint density at radius 1 is 0.967 bits per heavy atom. The van der Waals surface area contributed by atoms with E-state index in [0.29, 0.717) is 23.6 Å². The average Bonchev–Trinajstić information content (AvgIpc) is 2.78. The van der Waals surface area contributed by atoms with Crippen LogP contribution in [0.2, 0.25) is 0 Å². The number of aryl methyl sites for hydroxylation is 1. The second-order valence-electron chi connectivity index (χ2n) is 6.91. The van der Waals surface area contributed by atoms with Crippen molar-refractivity contribution in [3.8, 4) is 11.5 Å². The highest BCUT2D eigenvalue weighted by Crippen LogP contribution is 2.27. The lowest BCUT2D eigenvalue weighted by molar-refractivity contribution is 0.102. The number of anilines is 1. The van der Waals surface area contributed by atoms with Crippen molar-refractivity contribution in [2.45, 2.75) is 13.5 Å². The number of aromatic nitrogens is 1. The first-order chi connectivity index (χ1) is 14.6. The molecule has 1 heterocycles. The van der Waals surface area contributed by atoms with E-state index in [2.05, 4.69) is 10.3 Å². The molecule has 0 aliphatic carbocycles. The fourth-order valence-electron chi connectivity index (χ4n) is 3.27. The zero-order valence-corrected chi connectivity index (χ0v) is 16.9. The van der Waals surface area contributed by atoms with Gasteiger partial charge in [0.1, 0.15) is 18.1 Å². The Kier molecular flexibility index (Phi) is 5.61. The van der Waals surface area contributed by atoms with Gasteiger partial charge in [-0.3, -0.25) is 9.78 Å². The summed E-state index contributed by atoms with van der Waals surface area (Å²) in [6.07, 6.45) is 0. The molecular formula is C25H22N2O3. The summed E-state index contributed by atoms with van der Waals surface area (Å²) in [5.74, 6) is 1.28. The number of hydrogen-bond donors (Lipinski definition) is 1. The van der Waals surface area contributed by atoms with Crippen molar-refractivity contribution in [3.63, 3.8) is 0 Å². The Hall–Kier alpha value is -3.86. The van der Waals surface area contributed by atoms with E-state index >= 15 is 0 Å². The van der Waals surface area contributed by atoms with E-state index in [0.717, 1.165) is 27.9 Å². The molecule has 0 fully saturated rings. The molecule has 0 radical (unpaired) electrons. The number of ether oxygens (including phenoxy) is 2. The highest BCUT2D eigenvalue weighted by atomic mass is 16.5. The minimum absolute atomic E-state index is 0.202. The number of nitrogens with zero attached hydrogens (tertiary/aromatic N) is 1. The first kappa shape index (κ1) is 19.5. The summed E-state index contributed by atoms with van der Waals surface area (Å²) in [5.41, 5.74) is 3.80. The van der Waals surface area contributed by atoms with Crippen LogP contribution < -0.4 is 14.8 Å². The number of nitrogens with one attached hydrogen (secondary N) is 1. The summed E-state index contributed by atoms with van der Waals surface area (Å²) in [7, 11) is 1.62. The Labute approximate surface area is 175 Å². The summed E-state index contributed by atoms with van der Waals surface area (Å²) in [6, 6.07) is 24.5. The van der Waals surface area contributed by atoms with E-state index in [-0.39, 0.29) is 5.91 Å². The molecule has 0 bridgehead atoms. The van der Waals surface area contributed by atoms with Crippen LogP contribution in [0.25, 0.3) is 10.9 Å². The fraction of sp³-hybridized carbons (Fsp3) is 0.120. The molecule has 1 N–H and O–H groups in total. The Bertz CT molecular complexity index is 1190. The first-order valence-electron chi connectivity index (χ1n) is 9.66. The highest BCUT2D eigenvalue weighted by molar-refractivity contribution is 6.07. The van der Waals surface area contributed by atoms with Gasteiger partial charge < -0.3 is 14.8 Å². The van der Waals surface area contributed by atoms with Crippen LogP contribution in [0.5, 0.6) is 11.5 Å². The molecule has 0 aliphatic rings. The standard InChI is InChI=1S/C25H22N2O3/c1-17-14-24(29-2)21-15-18(12-13-23(21)26-17)25(28)27-22-11-7-6-8-19(22)16-30-20-9-4-3-5-10-20/h3-15H,16H2,1-2H3,(H,27,28). The van der Waals surface area contributed by atoms with Crippen LogP contribution >= 0.6 is 0 Å². The number of carbonyl (C=O) groups is 1. The van der Waals surface area contributed by atoms with Gasteiger partial charge in [0.05, 0.1) is 12.6 Å². The van der Waals surface area contributed by atoms with Gasteiger partial charge in [0.25, 0.3) is 5.91 Å². The molecule has 1 amide bonds. The van der Waals surface area contributed by atoms with E-state index in [1.54, 1.807) is 19.2 Å². The normalized spacial score (nSPS) is 10.6. The van der Waals surface area contributed by atoms with Crippen LogP contribution in [0.15, 0.2) is 78.9 Å². The number of hydrogen-bond acceptors (Lipinski definition) is 4. The van der Waals surface area contributed by atoms with Crippen molar-refractivity contribution < 1.29 is 14.3 Å². The number of carbonyl (C=O) groups excluding carboxylic acids is 1. The van der Waals surface area contributed by atoms with Gasteiger partial charge in [0, 0.05) is 34.0 Å². The number of rotatable bonds is 6. The molecule has 3 aromatic carbocycles. The van der Waals surface area contributed by atoms with E-state index in [1.165, 1.54) is 0 Å². The van der Waals surface area contributed by atoms with Crippen LogP contribution in [0.4, 0.5) is 5.69 Å². The topological polar surface area (TPSA) is 60.5 Å². The summed E-state index contributed by atoms with van der Waals surface area (Å²) in [4.78, 5) is 17.4. The van der Waals surface area contributed by atoms with Crippen LogP contribution in [-0.2, 0) is 6.61 Å². The molecule has 0 saturated heterocycles. The van der Waals surface area contributed by atoms with Crippen LogP contribution in [0.3, 0.4) is 0 Å². The maximum absolute atomic E-state index is 12.9. The zero-order chi connectivity index (χ0) is 20.9. The molecule has 30 heavy (non-hydrogen) atoms. The number of benzene rings is 3. The number of pyridine rings is 1. The third-order valence-corrected chi connectivity index (χ3v) is 4.78. The first-order valence-corrected chi connectivity index (χ1v) is 9.66. The third kappa shape index (κ3) is 4.25. The van der Waals surface area contributed by atoms with Gasteiger partial charge >= 0.3 is 0 Å². The highest BCUT2D eigenvalue weighted by Gasteiger charge is 2.12. The number of amides is 1. The largest absolute Gasteiger partial charge is 0.496 e. The quantitative estimate of drug-likeness (QED) is 0.473. The van der Waals surface area contributed by atoms with Gasteiger partial charge in [-0.25, -0.2) is 0 Å². The molecular weight excluding hydrogens is 376 g/mol. The molecule has 150 valence electrons.